The summed E-state index contributed by atoms with van der Waals surface area (Å²) in [6, 6.07) is 50.1. The van der Waals surface area contributed by atoms with Crippen molar-refractivity contribution in [1.29, 1.82) is 0 Å². The van der Waals surface area contributed by atoms with Gasteiger partial charge in [0.05, 0.1) is 16.7 Å². The highest BCUT2D eigenvalue weighted by Crippen LogP contribution is 2.37. The molecule has 5 aromatic carbocycles. The molecule has 0 amide bonds. The number of para-hydroxylation sites is 2. The highest BCUT2D eigenvalue weighted by molar-refractivity contribution is 6.10. The normalized spacial score (nSPS) is 16.2. The van der Waals surface area contributed by atoms with Gasteiger partial charge in [0.2, 0.25) is 0 Å². The summed E-state index contributed by atoms with van der Waals surface area (Å²) in [5.41, 5.74) is 13.2. The van der Waals surface area contributed by atoms with Crippen LogP contribution in [-0.4, -0.2) is 16.1 Å². The molecule has 0 unspecified atom stereocenters. The van der Waals surface area contributed by atoms with E-state index in [0.29, 0.717) is 0 Å². The minimum Gasteiger partial charge on any atom is -0.341 e. The summed E-state index contributed by atoms with van der Waals surface area (Å²) in [5, 5.41) is 2.45. The summed E-state index contributed by atoms with van der Waals surface area (Å²) < 4.78 is 2.33. The number of pyridine rings is 1. The Hall–Kier alpha value is -6.19. The van der Waals surface area contributed by atoms with Gasteiger partial charge in [0.15, 0.2) is 0 Å². The van der Waals surface area contributed by atoms with Gasteiger partial charge in [0.1, 0.15) is 5.82 Å². The fraction of sp³-hybridized carbons (Fsp3) is 0.0851. The number of benzene rings is 5. The van der Waals surface area contributed by atoms with Crippen LogP contribution in [0.15, 0.2) is 182 Å². The van der Waals surface area contributed by atoms with Gasteiger partial charge in [-0.25, -0.2) is 4.98 Å². The minimum absolute atomic E-state index is 0.836. The fourth-order valence-corrected chi connectivity index (χ4v) is 7.50. The van der Waals surface area contributed by atoms with Crippen molar-refractivity contribution in [3.8, 4) is 28.2 Å². The van der Waals surface area contributed by atoms with Gasteiger partial charge in [-0.2, -0.15) is 0 Å². The highest BCUT2D eigenvalue weighted by Gasteiger charge is 2.19. The van der Waals surface area contributed by atoms with Crippen molar-refractivity contribution < 1.29 is 0 Å². The van der Waals surface area contributed by atoms with Gasteiger partial charge in [-0.3, -0.25) is 4.57 Å². The number of allylic oxidation sites excluding steroid dienone is 7. The lowest BCUT2D eigenvalue weighted by atomic mass is 9.99. The molecule has 1 aliphatic heterocycles. The highest BCUT2D eigenvalue weighted by atomic mass is 15.1. The van der Waals surface area contributed by atoms with Gasteiger partial charge in [0, 0.05) is 34.3 Å². The molecule has 0 saturated heterocycles. The Morgan fingerprint density at radius 1 is 0.580 bits per heavy atom. The second-order valence-electron chi connectivity index (χ2n) is 13.0. The molecule has 50 heavy (non-hydrogen) atoms. The third kappa shape index (κ3) is 5.57. The number of fused-ring (bicyclic) bond motifs is 4. The summed E-state index contributed by atoms with van der Waals surface area (Å²) in [6.45, 7) is 0.836. The fourth-order valence-electron chi connectivity index (χ4n) is 7.50. The second-order valence-corrected chi connectivity index (χ2v) is 13.0. The molecular formula is C47H37N3. The van der Waals surface area contributed by atoms with Crippen molar-refractivity contribution in [1.82, 2.24) is 9.55 Å². The van der Waals surface area contributed by atoms with Crippen molar-refractivity contribution in [3.63, 3.8) is 0 Å². The Kier molecular flexibility index (Phi) is 7.79. The molecule has 2 aliphatic rings. The predicted octanol–water partition coefficient (Wildman–Crippen LogP) is 11.7. The number of hydrogen-bond acceptors (Lipinski definition) is 2. The molecule has 3 nitrogen and oxygen atoms in total. The zero-order valence-corrected chi connectivity index (χ0v) is 27.9. The third-order valence-electron chi connectivity index (χ3n) is 9.97. The first-order valence-electron chi connectivity index (χ1n) is 17.5. The molecule has 3 heterocycles. The molecule has 240 valence electrons. The van der Waals surface area contributed by atoms with E-state index in [-0.39, 0.29) is 0 Å². The Morgan fingerprint density at radius 3 is 2.18 bits per heavy atom. The maximum Gasteiger partial charge on any atom is 0.138 e. The van der Waals surface area contributed by atoms with Crippen LogP contribution in [0.3, 0.4) is 0 Å². The van der Waals surface area contributed by atoms with E-state index in [1.165, 1.54) is 44.4 Å². The molecule has 1 aliphatic carbocycles. The lowest BCUT2D eigenvalue weighted by Gasteiger charge is -2.29. The van der Waals surface area contributed by atoms with E-state index in [1.54, 1.807) is 0 Å². The Bertz CT molecular complexity index is 2420. The zero-order chi connectivity index (χ0) is 33.3. The van der Waals surface area contributed by atoms with Crippen LogP contribution in [0.2, 0.25) is 0 Å². The van der Waals surface area contributed by atoms with Crippen LogP contribution in [0.4, 0.5) is 5.69 Å². The third-order valence-corrected chi connectivity index (χ3v) is 9.97. The van der Waals surface area contributed by atoms with E-state index >= 15 is 0 Å². The van der Waals surface area contributed by atoms with Crippen LogP contribution in [0.5, 0.6) is 0 Å². The maximum absolute atomic E-state index is 5.31. The molecule has 2 aromatic heterocycles. The summed E-state index contributed by atoms with van der Waals surface area (Å²) in [6.07, 6.45) is 16.8. The summed E-state index contributed by atoms with van der Waals surface area (Å²) >= 11 is 0. The molecule has 0 N–H and O–H groups in total. The van der Waals surface area contributed by atoms with E-state index < -0.39 is 0 Å². The molecule has 0 fully saturated rings. The van der Waals surface area contributed by atoms with Gasteiger partial charge < -0.3 is 4.90 Å². The topological polar surface area (TPSA) is 21.1 Å². The first-order chi connectivity index (χ1) is 24.8. The number of anilines is 1. The van der Waals surface area contributed by atoms with Crippen LogP contribution < -0.4 is 4.90 Å². The molecule has 0 atom stereocenters. The average molecular weight is 644 g/mol. The molecular weight excluding hydrogens is 607 g/mol. The Labute approximate surface area is 293 Å². The average Bonchev–Trinajstić information content (AvgIpc) is 3.56. The monoisotopic (exact) mass is 643 g/mol. The molecule has 0 radical (unpaired) electrons. The van der Waals surface area contributed by atoms with E-state index in [1.807, 2.05) is 0 Å². The quantitative estimate of drug-likeness (QED) is 0.186. The molecule has 0 bridgehead atoms. The summed E-state index contributed by atoms with van der Waals surface area (Å²) in [5.74, 6) is 0.911. The van der Waals surface area contributed by atoms with E-state index in [2.05, 4.69) is 185 Å². The van der Waals surface area contributed by atoms with Crippen LogP contribution in [0.1, 0.15) is 24.0 Å². The van der Waals surface area contributed by atoms with E-state index in [0.717, 1.165) is 59.5 Å². The van der Waals surface area contributed by atoms with E-state index in [9.17, 15) is 0 Å². The zero-order valence-electron chi connectivity index (χ0n) is 27.9. The number of nitrogens with zero attached hydrogens (tertiary/aromatic N) is 3. The van der Waals surface area contributed by atoms with Crippen LogP contribution in [0, 0.1) is 0 Å². The smallest absolute Gasteiger partial charge is 0.138 e. The van der Waals surface area contributed by atoms with Crippen molar-refractivity contribution in [2.75, 3.05) is 11.4 Å². The number of aromatic nitrogens is 2. The van der Waals surface area contributed by atoms with Crippen LogP contribution in [0.25, 0.3) is 55.6 Å². The van der Waals surface area contributed by atoms with Crippen molar-refractivity contribution >= 4 is 33.1 Å². The van der Waals surface area contributed by atoms with Gasteiger partial charge in [0.25, 0.3) is 0 Å². The van der Waals surface area contributed by atoms with Crippen LogP contribution >= 0.6 is 0 Å². The maximum atomic E-state index is 5.31. The summed E-state index contributed by atoms with van der Waals surface area (Å²) in [7, 11) is 0. The molecule has 7 aromatic rings. The molecule has 9 rings (SSSR count). The number of rotatable bonds is 5. The van der Waals surface area contributed by atoms with E-state index in [4.69, 9.17) is 4.98 Å². The van der Waals surface area contributed by atoms with Crippen molar-refractivity contribution in [2.45, 2.75) is 19.3 Å². The first kappa shape index (κ1) is 29.9. The molecule has 0 saturated carbocycles. The van der Waals surface area contributed by atoms with Crippen molar-refractivity contribution in [2.24, 2.45) is 0 Å². The lowest BCUT2D eigenvalue weighted by Crippen LogP contribution is -2.24. The van der Waals surface area contributed by atoms with Gasteiger partial charge in [-0.15, -0.1) is 0 Å². The lowest BCUT2D eigenvalue weighted by molar-refractivity contribution is 0.865. The second kappa shape index (κ2) is 13.0. The van der Waals surface area contributed by atoms with Crippen LogP contribution in [-0.2, 0) is 6.42 Å². The van der Waals surface area contributed by atoms with Gasteiger partial charge in [-0.1, -0.05) is 134 Å². The largest absolute Gasteiger partial charge is 0.341 e. The summed E-state index contributed by atoms with van der Waals surface area (Å²) in [4.78, 5) is 7.80. The first-order valence-corrected chi connectivity index (χ1v) is 17.5. The predicted molar refractivity (Wildman–Crippen MR) is 211 cm³/mol. The Balaban J connectivity index is 1.18. The minimum atomic E-state index is 0.836. The molecule has 0 spiro atoms. The number of hydrogen-bond donors (Lipinski definition) is 0. The van der Waals surface area contributed by atoms with Gasteiger partial charge in [-0.05, 0) is 89.6 Å². The van der Waals surface area contributed by atoms with Crippen molar-refractivity contribution in [3.05, 3.63) is 193 Å². The Morgan fingerprint density at radius 2 is 1.34 bits per heavy atom. The van der Waals surface area contributed by atoms with Gasteiger partial charge >= 0.3 is 0 Å². The molecule has 3 heteroatoms. The standard InChI is InChI=1S/C47H37N3/c1-4-15-34(16-5-1)39-32-43(36-17-6-2-7-18-36)48-47(33-39)50-45-25-13-11-23-41(45)42-31-38(28-29-46(42)50)35-20-14-30-49(40-21-8-3-9-22-40)44-24-12-10-19-37(44)27-26-35/h1-8,10-21,23-26,28-29,31-33H,9,22,27,30H2/b20-14-,35-26+. The SMILES string of the molecule is C1=CCCC(N2C/C=C\C(c3ccc4c(c3)c3ccccc3n4-c3cc(-c4ccccc4)cc(-c4ccccc4)n3)=C/Cc3ccccc32)=C1.